The molecule has 1 heterocycles. The zero-order valence-corrected chi connectivity index (χ0v) is 8.16. The molecule has 72 valence electrons. The first-order chi connectivity index (χ1) is 6.38. The highest BCUT2D eigenvalue weighted by atomic mass is 15.1. The molecular weight excluding hydrogens is 162 g/mol. The van der Waals surface area contributed by atoms with Crippen molar-refractivity contribution < 1.29 is 0 Å². The Kier molecular flexibility index (Phi) is 4.26. The summed E-state index contributed by atoms with van der Waals surface area (Å²) in [4.78, 5) is 4.26. The largest absolute Gasteiger partial charge is 0.334 e. The molecule has 3 nitrogen and oxygen atoms in total. The van der Waals surface area contributed by atoms with Gasteiger partial charge in [-0.15, -0.1) is 6.58 Å². The van der Waals surface area contributed by atoms with Gasteiger partial charge in [0.2, 0.25) is 0 Å². The van der Waals surface area contributed by atoms with E-state index in [1.165, 1.54) is 0 Å². The van der Waals surface area contributed by atoms with Gasteiger partial charge in [0.1, 0.15) is 5.82 Å². The zero-order valence-electron chi connectivity index (χ0n) is 8.16. The van der Waals surface area contributed by atoms with Crippen molar-refractivity contribution in [3.05, 3.63) is 30.9 Å². The van der Waals surface area contributed by atoms with Gasteiger partial charge in [-0.05, 0) is 19.9 Å². The fourth-order valence-electron chi connectivity index (χ4n) is 1.20. The molecule has 0 bridgehead atoms. The van der Waals surface area contributed by atoms with Gasteiger partial charge in [0.05, 0.1) is 6.54 Å². The van der Waals surface area contributed by atoms with Crippen molar-refractivity contribution in [2.45, 2.75) is 26.4 Å². The Labute approximate surface area is 79.5 Å². The average Bonchev–Trinajstić information content (AvgIpc) is 2.60. The summed E-state index contributed by atoms with van der Waals surface area (Å²) in [5, 5.41) is 3.31. The van der Waals surface area contributed by atoms with Crippen molar-refractivity contribution in [3.63, 3.8) is 0 Å². The maximum Gasteiger partial charge on any atom is 0.122 e. The predicted molar refractivity (Wildman–Crippen MR) is 54.4 cm³/mol. The van der Waals surface area contributed by atoms with E-state index in [0.29, 0.717) is 0 Å². The second-order valence-electron chi connectivity index (χ2n) is 2.88. The minimum atomic E-state index is 0.842. The first kappa shape index (κ1) is 9.99. The first-order valence-corrected chi connectivity index (χ1v) is 4.70. The molecule has 0 fully saturated rings. The van der Waals surface area contributed by atoms with Crippen LogP contribution in [0.25, 0.3) is 0 Å². The highest BCUT2D eigenvalue weighted by Gasteiger charge is 1.98. The lowest BCUT2D eigenvalue weighted by Gasteiger charge is -2.05. The van der Waals surface area contributed by atoms with Crippen molar-refractivity contribution in [3.8, 4) is 0 Å². The first-order valence-electron chi connectivity index (χ1n) is 4.70. The third-order valence-electron chi connectivity index (χ3n) is 1.95. The van der Waals surface area contributed by atoms with Gasteiger partial charge in [-0.25, -0.2) is 4.98 Å². The molecule has 1 aromatic rings. The van der Waals surface area contributed by atoms with Crippen molar-refractivity contribution in [2.24, 2.45) is 0 Å². The Morgan fingerprint density at radius 3 is 3.23 bits per heavy atom. The second kappa shape index (κ2) is 5.54. The van der Waals surface area contributed by atoms with E-state index >= 15 is 0 Å². The summed E-state index contributed by atoms with van der Waals surface area (Å²) in [5.41, 5.74) is 0. The maximum atomic E-state index is 4.26. The molecule has 0 aromatic carbocycles. The number of hydrogen-bond donors (Lipinski definition) is 1. The van der Waals surface area contributed by atoms with E-state index in [0.717, 1.165) is 31.9 Å². The quantitative estimate of drug-likeness (QED) is 0.530. The number of hydrogen-bond acceptors (Lipinski definition) is 2. The van der Waals surface area contributed by atoms with Crippen molar-refractivity contribution in [1.82, 2.24) is 14.9 Å². The Hall–Kier alpha value is -1.09. The summed E-state index contributed by atoms with van der Waals surface area (Å²) in [7, 11) is 0. The van der Waals surface area contributed by atoms with Gasteiger partial charge >= 0.3 is 0 Å². The third-order valence-corrected chi connectivity index (χ3v) is 1.95. The standard InChI is InChI=1S/C10H17N3/c1-3-5-6-11-9-10-12-7-8-13(10)4-2/h3,7-8,11H,1,4-6,9H2,2H3. The molecule has 0 atom stereocenters. The van der Waals surface area contributed by atoms with Gasteiger partial charge < -0.3 is 9.88 Å². The van der Waals surface area contributed by atoms with E-state index in [2.05, 4.69) is 28.4 Å². The molecular formula is C10H17N3. The Morgan fingerprint density at radius 1 is 1.69 bits per heavy atom. The summed E-state index contributed by atoms with van der Waals surface area (Å²) >= 11 is 0. The van der Waals surface area contributed by atoms with Crippen LogP contribution in [0, 0.1) is 0 Å². The van der Waals surface area contributed by atoms with E-state index in [4.69, 9.17) is 0 Å². The van der Waals surface area contributed by atoms with Crippen LogP contribution in [0.1, 0.15) is 19.2 Å². The molecule has 0 unspecified atom stereocenters. The molecule has 0 aliphatic carbocycles. The lowest BCUT2D eigenvalue weighted by atomic mass is 10.4. The normalized spacial score (nSPS) is 10.2. The van der Waals surface area contributed by atoms with E-state index in [9.17, 15) is 0 Å². The Bertz CT molecular complexity index is 252. The maximum absolute atomic E-state index is 4.26. The van der Waals surface area contributed by atoms with Crippen LogP contribution in [0.3, 0.4) is 0 Å². The van der Waals surface area contributed by atoms with Crippen LogP contribution in [-0.2, 0) is 13.1 Å². The van der Waals surface area contributed by atoms with Crippen LogP contribution in [0.2, 0.25) is 0 Å². The Morgan fingerprint density at radius 2 is 2.54 bits per heavy atom. The molecule has 1 aromatic heterocycles. The van der Waals surface area contributed by atoms with E-state index in [1.807, 2.05) is 18.5 Å². The molecule has 0 saturated carbocycles. The molecule has 0 aliphatic rings. The lowest BCUT2D eigenvalue weighted by molar-refractivity contribution is 0.617. The monoisotopic (exact) mass is 179 g/mol. The van der Waals surface area contributed by atoms with Crippen LogP contribution in [-0.4, -0.2) is 16.1 Å². The number of aromatic nitrogens is 2. The van der Waals surface area contributed by atoms with Crippen LogP contribution >= 0.6 is 0 Å². The van der Waals surface area contributed by atoms with Crippen molar-refractivity contribution >= 4 is 0 Å². The zero-order chi connectivity index (χ0) is 9.52. The van der Waals surface area contributed by atoms with Crippen molar-refractivity contribution in [2.75, 3.05) is 6.54 Å². The molecule has 13 heavy (non-hydrogen) atoms. The lowest BCUT2D eigenvalue weighted by Crippen LogP contribution is -2.17. The van der Waals surface area contributed by atoms with Gasteiger partial charge in [0.25, 0.3) is 0 Å². The van der Waals surface area contributed by atoms with E-state index in [1.54, 1.807) is 0 Å². The van der Waals surface area contributed by atoms with Gasteiger partial charge in [0, 0.05) is 18.9 Å². The highest BCUT2D eigenvalue weighted by molar-refractivity contribution is 4.91. The van der Waals surface area contributed by atoms with Crippen LogP contribution in [0.5, 0.6) is 0 Å². The third kappa shape index (κ3) is 3.03. The molecule has 1 N–H and O–H groups in total. The molecule has 0 aliphatic heterocycles. The minimum absolute atomic E-state index is 0.842. The molecule has 3 heteroatoms. The summed E-state index contributed by atoms with van der Waals surface area (Å²) in [6.45, 7) is 8.59. The van der Waals surface area contributed by atoms with Crippen molar-refractivity contribution in [1.29, 1.82) is 0 Å². The number of rotatable bonds is 6. The summed E-state index contributed by atoms with van der Waals surface area (Å²) in [6, 6.07) is 0. The summed E-state index contributed by atoms with van der Waals surface area (Å²) < 4.78 is 2.14. The SMILES string of the molecule is C=CCCNCc1nccn1CC. The van der Waals surface area contributed by atoms with Gasteiger partial charge in [-0.1, -0.05) is 6.08 Å². The van der Waals surface area contributed by atoms with Gasteiger partial charge in [-0.3, -0.25) is 0 Å². The van der Waals surface area contributed by atoms with Crippen LogP contribution in [0.4, 0.5) is 0 Å². The molecule has 0 saturated heterocycles. The van der Waals surface area contributed by atoms with E-state index in [-0.39, 0.29) is 0 Å². The van der Waals surface area contributed by atoms with E-state index < -0.39 is 0 Å². The fraction of sp³-hybridized carbons (Fsp3) is 0.500. The predicted octanol–water partition coefficient (Wildman–Crippen LogP) is 1.57. The Balaban J connectivity index is 2.31. The number of aryl methyl sites for hydroxylation is 1. The average molecular weight is 179 g/mol. The second-order valence-corrected chi connectivity index (χ2v) is 2.88. The number of imidazole rings is 1. The van der Waals surface area contributed by atoms with Crippen LogP contribution < -0.4 is 5.32 Å². The van der Waals surface area contributed by atoms with Gasteiger partial charge in [0.15, 0.2) is 0 Å². The highest BCUT2D eigenvalue weighted by Crippen LogP contribution is 1.96. The summed E-state index contributed by atoms with van der Waals surface area (Å²) in [6.07, 6.45) is 6.77. The molecule has 1 rings (SSSR count). The molecule has 0 radical (unpaired) electrons. The summed E-state index contributed by atoms with van der Waals surface area (Å²) in [5.74, 6) is 1.10. The molecule has 0 spiro atoms. The number of nitrogens with one attached hydrogen (secondary N) is 1. The van der Waals surface area contributed by atoms with Crippen LogP contribution in [0.15, 0.2) is 25.0 Å². The van der Waals surface area contributed by atoms with Gasteiger partial charge in [-0.2, -0.15) is 0 Å². The molecule has 0 amide bonds. The topological polar surface area (TPSA) is 29.9 Å². The smallest absolute Gasteiger partial charge is 0.122 e. The fourth-order valence-corrected chi connectivity index (χ4v) is 1.20. The number of nitrogens with zero attached hydrogens (tertiary/aromatic N) is 2. The minimum Gasteiger partial charge on any atom is -0.334 e.